The molecule has 2 aliphatic rings. The molecule has 1 aromatic carbocycles. The zero-order valence-corrected chi connectivity index (χ0v) is 15.8. The van der Waals surface area contributed by atoms with E-state index in [4.69, 9.17) is 4.74 Å². The topological polar surface area (TPSA) is 84.7 Å². The number of hydrogen-bond acceptors (Lipinski definition) is 5. The van der Waals surface area contributed by atoms with Gasteiger partial charge in [0, 0.05) is 18.2 Å². The van der Waals surface area contributed by atoms with Crippen LogP contribution in [0, 0.1) is 10.1 Å². The lowest BCUT2D eigenvalue weighted by Crippen LogP contribution is -2.58. The summed E-state index contributed by atoms with van der Waals surface area (Å²) in [5.74, 6) is 0.159. The van der Waals surface area contributed by atoms with E-state index in [1.165, 1.54) is 50.7 Å². The molecule has 1 amide bonds. The van der Waals surface area contributed by atoms with Gasteiger partial charge in [0.05, 0.1) is 11.0 Å². The highest BCUT2D eigenvalue weighted by molar-refractivity contribution is 5.77. The number of carbonyl (C=O) groups is 1. The highest BCUT2D eigenvalue weighted by atomic mass is 16.6. The molecule has 1 heterocycles. The van der Waals surface area contributed by atoms with Gasteiger partial charge >= 0.3 is 0 Å². The van der Waals surface area contributed by atoms with Crippen LogP contribution >= 0.6 is 0 Å². The van der Waals surface area contributed by atoms with Gasteiger partial charge in [0.2, 0.25) is 0 Å². The molecule has 7 nitrogen and oxygen atoms in total. The maximum Gasteiger partial charge on any atom is 0.273 e. The predicted molar refractivity (Wildman–Crippen MR) is 103 cm³/mol. The van der Waals surface area contributed by atoms with Crippen molar-refractivity contribution in [3.63, 3.8) is 0 Å². The number of nitrogens with zero attached hydrogens (tertiary/aromatic N) is 2. The molecule has 1 saturated heterocycles. The number of nitro benzene ring substituents is 1. The SMILES string of the molecule is O=C(COc1cccc([N+](=O)[O-])c1)NCC1(N2CCCCC2)CCCCC1. The molecule has 0 unspecified atom stereocenters. The zero-order valence-electron chi connectivity index (χ0n) is 15.8. The number of piperidine rings is 1. The Kier molecular flexibility index (Phi) is 6.66. The van der Waals surface area contributed by atoms with Gasteiger partial charge in [0.1, 0.15) is 5.75 Å². The summed E-state index contributed by atoms with van der Waals surface area (Å²) < 4.78 is 5.45. The number of nitrogens with one attached hydrogen (secondary N) is 1. The van der Waals surface area contributed by atoms with Gasteiger partial charge in [-0.15, -0.1) is 0 Å². The maximum atomic E-state index is 12.3. The minimum absolute atomic E-state index is 0.0424. The van der Waals surface area contributed by atoms with Crippen LogP contribution in [0.4, 0.5) is 5.69 Å². The van der Waals surface area contributed by atoms with Crippen LogP contribution in [-0.2, 0) is 4.79 Å². The molecule has 1 saturated carbocycles. The van der Waals surface area contributed by atoms with Crippen molar-refractivity contribution in [1.82, 2.24) is 10.2 Å². The normalized spacial score (nSPS) is 20.0. The molecular formula is C20H29N3O4. The van der Waals surface area contributed by atoms with Gasteiger partial charge in [-0.3, -0.25) is 19.8 Å². The van der Waals surface area contributed by atoms with Crippen LogP contribution in [0.15, 0.2) is 24.3 Å². The van der Waals surface area contributed by atoms with E-state index < -0.39 is 4.92 Å². The Balaban J connectivity index is 1.53. The quantitative estimate of drug-likeness (QED) is 0.584. The Bertz CT molecular complexity index is 652. The first-order valence-corrected chi connectivity index (χ1v) is 9.98. The van der Waals surface area contributed by atoms with Crippen molar-refractivity contribution >= 4 is 11.6 Å². The average Bonchev–Trinajstić information content (AvgIpc) is 2.72. The first-order chi connectivity index (χ1) is 13.1. The van der Waals surface area contributed by atoms with E-state index in [1.54, 1.807) is 12.1 Å². The second-order valence-electron chi connectivity index (χ2n) is 7.65. The third-order valence-electron chi connectivity index (χ3n) is 5.82. The van der Waals surface area contributed by atoms with Crippen LogP contribution in [-0.4, -0.2) is 47.5 Å². The van der Waals surface area contributed by atoms with E-state index in [0.717, 1.165) is 25.9 Å². The fourth-order valence-corrected chi connectivity index (χ4v) is 4.33. The monoisotopic (exact) mass is 375 g/mol. The molecule has 0 atom stereocenters. The summed E-state index contributed by atoms with van der Waals surface area (Å²) in [5.41, 5.74) is 0.0408. The maximum absolute atomic E-state index is 12.3. The van der Waals surface area contributed by atoms with Crippen LogP contribution < -0.4 is 10.1 Å². The third kappa shape index (κ3) is 5.19. The number of carbonyl (C=O) groups excluding carboxylic acids is 1. The second kappa shape index (κ2) is 9.17. The Labute approximate surface area is 160 Å². The highest BCUT2D eigenvalue weighted by Crippen LogP contribution is 2.35. The first kappa shape index (κ1) is 19.6. The lowest BCUT2D eigenvalue weighted by Gasteiger charge is -2.48. The number of non-ortho nitro benzene ring substituents is 1. The molecule has 27 heavy (non-hydrogen) atoms. The van der Waals surface area contributed by atoms with E-state index in [0.29, 0.717) is 12.3 Å². The fourth-order valence-electron chi connectivity index (χ4n) is 4.33. The molecule has 3 rings (SSSR count). The molecule has 0 bridgehead atoms. The number of benzene rings is 1. The largest absolute Gasteiger partial charge is 0.484 e. The van der Waals surface area contributed by atoms with E-state index in [9.17, 15) is 14.9 Å². The molecule has 1 aromatic rings. The molecule has 0 spiro atoms. The molecule has 1 aliphatic heterocycles. The van der Waals surface area contributed by atoms with Crippen LogP contribution in [0.5, 0.6) is 5.75 Å². The number of rotatable bonds is 7. The molecule has 1 N–H and O–H groups in total. The molecule has 0 aromatic heterocycles. The fraction of sp³-hybridized carbons (Fsp3) is 0.650. The van der Waals surface area contributed by atoms with Crippen molar-refractivity contribution in [3.8, 4) is 5.75 Å². The van der Waals surface area contributed by atoms with Crippen molar-refractivity contribution in [2.75, 3.05) is 26.2 Å². The van der Waals surface area contributed by atoms with Crippen LogP contribution in [0.3, 0.4) is 0 Å². The van der Waals surface area contributed by atoms with Crippen molar-refractivity contribution in [2.45, 2.75) is 56.9 Å². The lowest BCUT2D eigenvalue weighted by molar-refractivity contribution is -0.384. The first-order valence-electron chi connectivity index (χ1n) is 9.98. The van der Waals surface area contributed by atoms with Crippen molar-refractivity contribution in [3.05, 3.63) is 34.4 Å². The Hall–Kier alpha value is -2.15. The standard InChI is InChI=1S/C20H29N3O4/c24-19(15-27-18-9-7-8-17(14-18)23(25)26)21-16-20(10-3-1-4-11-20)22-12-5-2-6-13-22/h7-9,14H,1-6,10-13,15-16H2,(H,21,24). The molecule has 0 radical (unpaired) electrons. The number of amides is 1. The second-order valence-corrected chi connectivity index (χ2v) is 7.65. The summed E-state index contributed by atoms with van der Waals surface area (Å²) in [6, 6.07) is 5.91. The van der Waals surface area contributed by atoms with Gasteiger partial charge in [0.25, 0.3) is 11.6 Å². The van der Waals surface area contributed by atoms with E-state index >= 15 is 0 Å². The summed E-state index contributed by atoms with van der Waals surface area (Å²) in [6.07, 6.45) is 9.78. The number of likely N-dealkylation sites (tertiary alicyclic amines) is 1. The number of ether oxygens (including phenoxy) is 1. The zero-order chi connectivity index (χ0) is 19.1. The summed E-state index contributed by atoms with van der Waals surface area (Å²) in [4.78, 5) is 25.3. The third-order valence-corrected chi connectivity index (χ3v) is 5.82. The molecule has 148 valence electrons. The van der Waals surface area contributed by atoms with Gasteiger partial charge in [-0.2, -0.15) is 0 Å². The Morgan fingerprint density at radius 2 is 1.85 bits per heavy atom. The van der Waals surface area contributed by atoms with E-state index in [-0.39, 0.29) is 23.7 Å². The summed E-state index contributed by atoms with van der Waals surface area (Å²) in [5, 5.41) is 13.9. The summed E-state index contributed by atoms with van der Waals surface area (Å²) in [7, 11) is 0. The van der Waals surface area contributed by atoms with Gasteiger partial charge < -0.3 is 10.1 Å². The van der Waals surface area contributed by atoms with Crippen molar-refractivity contribution < 1.29 is 14.5 Å². The molecule has 7 heteroatoms. The van der Waals surface area contributed by atoms with Gasteiger partial charge in [-0.25, -0.2) is 0 Å². The minimum atomic E-state index is -0.474. The number of nitro groups is 1. The number of hydrogen-bond donors (Lipinski definition) is 1. The molecule has 1 aliphatic carbocycles. The summed E-state index contributed by atoms with van der Waals surface area (Å²) >= 11 is 0. The molecule has 2 fully saturated rings. The highest BCUT2D eigenvalue weighted by Gasteiger charge is 2.38. The van der Waals surface area contributed by atoms with Gasteiger partial charge in [-0.05, 0) is 44.8 Å². The smallest absolute Gasteiger partial charge is 0.273 e. The Morgan fingerprint density at radius 3 is 2.56 bits per heavy atom. The van der Waals surface area contributed by atoms with E-state index in [1.807, 2.05) is 0 Å². The van der Waals surface area contributed by atoms with Gasteiger partial charge in [0.15, 0.2) is 6.61 Å². The van der Waals surface area contributed by atoms with Gasteiger partial charge in [-0.1, -0.05) is 31.7 Å². The predicted octanol–water partition coefficient (Wildman–Crippen LogP) is 3.28. The van der Waals surface area contributed by atoms with Crippen LogP contribution in [0.25, 0.3) is 0 Å². The molecular weight excluding hydrogens is 346 g/mol. The van der Waals surface area contributed by atoms with Crippen molar-refractivity contribution in [2.24, 2.45) is 0 Å². The van der Waals surface area contributed by atoms with Crippen LogP contribution in [0.1, 0.15) is 51.4 Å². The average molecular weight is 375 g/mol. The van der Waals surface area contributed by atoms with Crippen LogP contribution in [0.2, 0.25) is 0 Å². The minimum Gasteiger partial charge on any atom is -0.484 e. The summed E-state index contributed by atoms with van der Waals surface area (Å²) in [6.45, 7) is 2.78. The lowest BCUT2D eigenvalue weighted by atomic mass is 9.79. The Morgan fingerprint density at radius 1 is 1.15 bits per heavy atom. The van der Waals surface area contributed by atoms with E-state index in [2.05, 4.69) is 10.2 Å². The van der Waals surface area contributed by atoms with Crippen molar-refractivity contribution in [1.29, 1.82) is 0 Å².